The average Bonchev–Trinajstić information content (AvgIpc) is 2.99. The third-order valence-electron chi connectivity index (χ3n) is 8.86. The first-order chi connectivity index (χ1) is 22.0. The van der Waals surface area contributed by atoms with Crippen LogP contribution in [0.15, 0.2) is 0 Å². The van der Waals surface area contributed by atoms with Crippen LogP contribution in [0.25, 0.3) is 0 Å². The fourth-order valence-electron chi connectivity index (χ4n) is 5.69. The maximum Gasteiger partial charge on any atom is 0.472 e. The molecular formula is C37H78N2O6P+. The van der Waals surface area contributed by atoms with E-state index in [1.54, 1.807) is 0 Å². The van der Waals surface area contributed by atoms with Crippen molar-refractivity contribution in [3.63, 3.8) is 0 Å². The Balaban J connectivity index is 4.19. The highest BCUT2D eigenvalue weighted by molar-refractivity contribution is 7.47. The third-order valence-corrected chi connectivity index (χ3v) is 9.84. The molecule has 0 aromatic heterocycles. The molecule has 0 aromatic carbocycles. The van der Waals surface area contributed by atoms with Crippen molar-refractivity contribution in [3.05, 3.63) is 0 Å². The number of nitrogens with zero attached hydrogens (tertiary/aromatic N) is 1. The number of carbonyl (C=O) groups is 1. The normalized spacial score (nSPS) is 14.7. The van der Waals surface area contributed by atoms with Crippen LogP contribution in [0.3, 0.4) is 0 Å². The molecule has 0 spiro atoms. The Morgan fingerprint density at radius 3 is 1.46 bits per heavy atom. The van der Waals surface area contributed by atoms with Crippen molar-refractivity contribution < 1.29 is 32.9 Å². The molecule has 276 valence electrons. The summed E-state index contributed by atoms with van der Waals surface area (Å²) in [5.41, 5.74) is 0. The summed E-state index contributed by atoms with van der Waals surface area (Å²) >= 11 is 0. The molecule has 0 heterocycles. The molecule has 0 bridgehead atoms. The topological polar surface area (TPSA) is 105 Å². The number of amides is 1. The zero-order valence-corrected chi connectivity index (χ0v) is 32.0. The Labute approximate surface area is 285 Å². The quantitative estimate of drug-likeness (QED) is 0.0350. The third kappa shape index (κ3) is 32.1. The Bertz CT molecular complexity index is 733. The van der Waals surface area contributed by atoms with E-state index in [0.29, 0.717) is 23.9 Å². The van der Waals surface area contributed by atoms with Gasteiger partial charge in [-0.1, -0.05) is 162 Å². The van der Waals surface area contributed by atoms with Crippen molar-refractivity contribution in [3.8, 4) is 0 Å². The summed E-state index contributed by atoms with van der Waals surface area (Å²) in [5, 5.41) is 13.7. The van der Waals surface area contributed by atoms with Gasteiger partial charge in [0, 0.05) is 6.42 Å². The molecule has 0 saturated heterocycles. The number of quaternary nitrogens is 1. The fraction of sp³-hybridized carbons (Fsp3) is 0.973. The van der Waals surface area contributed by atoms with E-state index >= 15 is 0 Å². The predicted molar refractivity (Wildman–Crippen MR) is 194 cm³/mol. The minimum Gasteiger partial charge on any atom is -0.391 e. The largest absolute Gasteiger partial charge is 0.472 e. The highest BCUT2D eigenvalue weighted by Gasteiger charge is 2.28. The van der Waals surface area contributed by atoms with Gasteiger partial charge in [-0.3, -0.25) is 13.8 Å². The molecule has 0 aliphatic heterocycles. The van der Waals surface area contributed by atoms with Crippen LogP contribution in [0.1, 0.15) is 181 Å². The predicted octanol–water partition coefficient (Wildman–Crippen LogP) is 9.85. The summed E-state index contributed by atoms with van der Waals surface area (Å²) in [6, 6.07) is -0.749. The molecular weight excluding hydrogens is 599 g/mol. The number of likely N-dealkylation sites (N-methyl/N-ethyl adjacent to an activating group) is 1. The highest BCUT2D eigenvalue weighted by Crippen LogP contribution is 2.43. The maximum atomic E-state index is 12.7. The lowest BCUT2D eigenvalue weighted by atomic mass is 10.0. The summed E-state index contributed by atoms with van der Waals surface area (Å²) < 4.78 is 23.4. The van der Waals surface area contributed by atoms with E-state index in [-0.39, 0.29) is 19.1 Å². The minimum absolute atomic E-state index is 0.0774. The number of aliphatic hydroxyl groups excluding tert-OH is 1. The summed E-state index contributed by atoms with van der Waals surface area (Å²) in [6.45, 7) is 4.82. The van der Waals surface area contributed by atoms with E-state index < -0.39 is 20.0 Å². The number of rotatable bonds is 35. The van der Waals surface area contributed by atoms with E-state index in [1.165, 1.54) is 116 Å². The van der Waals surface area contributed by atoms with Crippen LogP contribution in [0.2, 0.25) is 0 Å². The lowest BCUT2D eigenvalue weighted by Gasteiger charge is -2.26. The first kappa shape index (κ1) is 45.5. The van der Waals surface area contributed by atoms with E-state index in [9.17, 15) is 19.4 Å². The van der Waals surface area contributed by atoms with Crippen molar-refractivity contribution in [1.29, 1.82) is 0 Å². The zero-order valence-electron chi connectivity index (χ0n) is 31.1. The van der Waals surface area contributed by atoms with Crippen LogP contribution >= 0.6 is 7.82 Å². The summed E-state index contributed by atoms with van der Waals surface area (Å²) in [5.74, 6) is -0.147. The van der Waals surface area contributed by atoms with Crippen molar-refractivity contribution in [1.82, 2.24) is 5.32 Å². The van der Waals surface area contributed by atoms with E-state index in [0.717, 1.165) is 38.5 Å². The van der Waals surface area contributed by atoms with Crippen molar-refractivity contribution in [2.24, 2.45) is 0 Å². The number of hydrogen-bond acceptors (Lipinski definition) is 5. The Morgan fingerprint density at radius 1 is 0.652 bits per heavy atom. The van der Waals surface area contributed by atoms with Gasteiger partial charge >= 0.3 is 7.82 Å². The van der Waals surface area contributed by atoms with E-state index in [4.69, 9.17) is 9.05 Å². The van der Waals surface area contributed by atoms with Gasteiger partial charge in [-0.2, -0.15) is 0 Å². The van der Waals surface area contributed by atoms with Crippen molar-refractivity contribution in [2.75, 3.05) is 40.9 Å². The Morgan fingerprint density at radius 2 is 1.04 bits per heavy atom. The molecule has 0 aliphatic rings. The molecule has 0 aliphatic carbocycles. The lowest BCUT2D eigenvalue weighted by Crippen LogP contribution is -2.46. The van der Waals surface area contributed by atoms with Gasteiger partial charge in [-0.25, -0.2) is 4.57 Å². The number of hydrogen-bond donors (Lipinski definition) is 3. The molecule has 0 aromatic rings. The molecule has 0 fully saturated rings. The van der Waals surface area contributed by atoms with Crippen LogP contribution in [-0.4, -0.2) is 73.4 Å². The second kappa shape index (κ2) is 30.6. The molecule has 46 heavy (non-hydrogen) atoms. The van der Waals surface area contributed by atoms with Gasteiger partial charge in [-0.05, 0) is 12.8 Å². The van der Waals surface area contributed by atoms with Crippen LogP contribution < -0.4 is 5.32 Å². The van der Waals surface area contributed by atoms with Gasteiger partial charge < -0.3 is 19.8 Å². The number of aliphatic hydroxyl groups is 1. The molecule has 9 heteroatoms. The van der Waals surface area contributed by atoms with Gasteiger partial charge in [0.1, 0.15) is 13.2 Å². The summed E-state index contributed by atoms with van der Waals surface area (Å²) in [6.07, 6.45) is 30.1. The molecule has 8 nitrogen and oxygen atoms in total. The first-order valence-corrected chi connectivity index (χ1v) is 20.9. The minimum atomic E-state index is -4.29. The second-order valence-electron chi connectivity index (χ2n) is 14.7. The van der Waals surface area contributed by atoms with Gasteiger partial charge in [0.15, 0.2) is 0 Å². The molecule has 0 rings (SSSR count). The average molecular weight is 678 g/mol. The van der Waals surface area contributed by atoms with Gasteiger partial charge in [0.25, 0.3) is 0 Å². The summed E-state index contributed by atoms with van der Waals surface area (Å²) in [7, 11) is 1.62. The highest BCUT2D eigenvalue weighted by atomic mass is 31.2. The van der Waals surface area contributed by atoms with E-state index in [2.05, 4.69) is 19.2 Å². The van der Waals surface area contributed by atoms with Gasteiger partial charge in [0.2, 0.25) is 5.91 Å². The zero-order chi connectivity index (χ0) is 34.4. The monoisotopic (exact) mass is 678 g/mol. The molecule has 0 radical (unpaired) electrons. The number of phosphoric acid groups is 1. The van der Waals surface area contributed by atoms with Crippen LogP contribution in [0.5, 0.6) is 0 Å². The first-order valence-electron chi connectivity index (χ1n) is 19.4. The number of unbranched alkanes of at least 4 members (excludes halogenated alkanes) is 22. The number of nitrogens with one attached hydrogen (secondary N) is 1. The molecule has 3 atom stereocenters. The lowest BCUT2D eigenvalue weighted by molar-refractivity contribution is -0.870. The van der Waals surface area contributed by atoms with Crippen LogP contribution in [0, 0.1) is 0 Å². The van der Waals surface area contributed by atoms with Crippen LogP contribution in [0.4, 0.5) is 0 Å². The Kier molecular flexibility index (Phi) is 30.2. The summed E-state index contributed by atoms with van der Waals surface area (Å²) in [4.78, 5) is 22.9. The fourth-order valence-corrected chi connectivity index (χ4v) is 6.43. The van der Waals surface area contributed by atoms with E-state index in [1.807, 2.05) is 21.1 Å². The SMILES string of the molecule is CCCCCCCCCCCCCCCCCCCCC(=O)NC(COP(=O)(O)OCC[N+](C)(C)C)C(O)CCCCCCCC. The molecule has 3 N–H and O–H groups in total. The standard InChI is InChI=1S/C37H77N2O6P/c1-6-8-10-12-14-15-16-17-18-19-20-21-22-23-24-25-27-29-31-37(41)38-35(36(40)30-28-26-13-11-9-7-2)34-45-46(42,43)44-33-32-39(3,4)5/h35-36,40H,6-34H2,1-5H3,(H-,38,41,42,43)/p+1. The number of phosphoric ester groups is 1. The van der Waals surface area contributed by atoms with Crippen LogP contribution in [-0.2, 0) is 18.4 Å². The Hall–Kier alpha value is -0.500. The molecule has 1 amide bonds. The maximum absolute atomic E-state index is 12.7. The number of carbonyl (C=O) groups excluding carboxylic acids is 1. The van der Waals surface area contributed by atoms with Crippen molar-refractivity contribution >= 4 is 13.7 Å². The van der Waals surface area contributed by atoms with Crippen molar-refractivity contribution in [2.45, 2.75) is 193 Å². The molecule has 0 saturated carbocycles. The van der Waals surface area contributed by atoms with Gasteiger partial charge in [-0.15, -0.1) is 0 Å². The molecule has 3 unspecified atom stereocenters. The van der Waals surface area contributed by atoms with Gasteiger partial charge in [0.05, 0.1) is 39.9 Å². The second-order valence-corrected chi connectivity index (χ2v) is 16.1. The smallest absolute Gasteiger partial charge is 0.391 e.